The molecule has 0 radical (unpaired) electrons. The van der Waals surface area contributed by atoms with E-state index in [-0.39, 0.29) is 11.9 Å². The summed E-state index contributed by atoms with van der Waals surface area (Å²) in [6.45, 7) is 0. The third kappa shape index (κ3) is 2.16. The van der Waals surface area contributed by atoms with Gasteiger partial charge in [0.05, 0.1) is 11.0 Å². The van der Waals surface area contributed by atoms with Crippen molar-refractivity contribution >= 4 is 32.7 Å². The van der Waals surface area contributed by atoms with Crippen molar-refractivity contribution in [3.05, 3.63) is 76.8 Å². The van der Waals surface area contributed by atoms with E-state index in [1.54, 1.807) is 6.07 Å². The van der Waals surface area contributed by atoms with Gasteiger partial charge in [-0.15, -0.1) is 0 Å². The van der Waals surface area contributed by atoms with E-state index in [4.69, 9.17) is 4.98 Å². The molecule has 1 aliphatic heterocycles. The molecule has 0 spiro atoms. The lowest BCUT2D eigenvalue weighted by Gasteiger charge is -2.30. The van der Waals surface area contributed by atoms with Crippen LogP contribution in [-0.2, 0) is 0 Å². The van der Waals surface area contributed by atoms with Gasteiger partial charge in [-0.25, -0.2) is 4.98 Å². The first-order valence-electron chi connectivity index (χ1n) is 8.04. The van der Waals surface area contributed by atoms with Crippen LogP contribution in [0, 0.1) is 0 Å². The zero-order valence-corrected chi connectivity index (χ0v) is 14.7. The van der Waals surface area contributed by atoms with Crippen LogP contribution >= 0.6 is 15.9 Å². The zero-order chi connectivity index (χ0) is 17.0. The first-order chi connectivity index (χ1) is 12.2. The van der Waals surface area contributed by atoms with Crippen molar-refractivity contribution in [1.82, 2.24) is 9.55 Å². The molecule has 0 saturated carbocycles. The van der Waals surface area contributed by atoms with Crippen LogP contribution in [0.3, 0.4) is 0 Å². The summed E-state index contributed by atoms with van der Waals surface area (Å²) in [5, 5.41) is 14.0. The minimum absolute atomic E-state index is 0.241. The fourth-order valence-electron chi connectivity index (χ4n) is 3.47. The molecule has 0 bridgehead atoms. The van der Waals surface area contributed by atoms with Gasteiger partial charge in [-0.2, -0.15) is 0 Å². The summed E-state index contributed by atoms with van der Waals surface area (Å²) in [6.07, 6.45) is -0.241. The molecule has 0 unspecified atom stereocenters. The van der Waals surface area contributed by atoms with Crippen LogP contribution < -0.4 is 5.32 Å². The smallest absolute Gasteiger partial charge is 0.145 e. The van der Waals surface area contributed by atoms with Gasteiger partial charge in [0, 0.05) is 21.3 Å². The topological polar surface area (TPSA) is 50.1 Å². The van der Waals surface area contributed by atoms with Gasteiger partial charge in [0.25, 0.3) is 0 Å². The van der Waals surface area contributed by atoms with Gasteiger partial charge in [0.2, 0.25) is 0 Å². The molecule has 122 valence electrons. The van der Waals surface area contributed by atoms with Crippen LogP contribution in [-0.4, -0.2) is 14.7 Å². The van der Waals surface area contributed by atoms with Crippen molar-refractivity contribution < 1.29 is 5.11 Å². The van der Waals surface area contributed by atoms with E-state index in [2.05, 4.69) is 37.9 Å². The quantitative estimate of drug-likeness (QED) is 0.472. The van der Waals surface area contributed by atoms with Gasteiger partial charge in [-0.3, -0.25) is 4.57 Å². The summed E-state index contributed by atoms with van der Waals surface area (Å²) in [4.78, 5) is 4.85. The highest BCUT2D eigenvalue weighted by atomic mass is 79.9. The molecule has 1 atom stereocenters. The monoisotopic (exact) mass is 391 g/mol. The van der Waals surface area contributed by atoms with Gasteiger partial charge in [0.15, 0.2) is 0 Å². The molecule has 0 saturated heterocycles. The Morgan fingerprint density at radius 2 is 1.80 bits per heavy atom. The second-order valence-electron chi connectivity index (χ2n) is 6.09. The molecule has 0 aliphatic carbocycles. The fourth-order valence-corrected chi connectivity index (χ4v) is 3.85. The Morgan fingerprint density at radius 3 is 2.72 bits per heavy atom. The minimum atomic E-state index is -0.241. The lowest BCUT2D eigenvalue weighted by atomic mass is 10.0. The average molecular weight is 392 g/mol. The number of hydrogen-bond donors (Lipinski definition) is 2. The first-order valence-corrected chi connectivity index (χ1v) is 8.83. The van der Waals surface area contributed by atoms with E-state index < -0.39 is 0 Å². The largest absolute Gasteiger partial charge is 0.508 e. The lowest BCUT2D eigenvalue weighted by Crippen LogP contribution is -2.24. The molecule has 3 aromatic carbocycles. The van der Waals surface area contributed by atoms with Gasteiger partial charge in [-0.1, -0.05) is 40.2 Å². The van der Waals surface area contributed by atoms with Crippen molar-refractivity contribution in [3.8, 4) is 17.1 Å². The van der Waals surface area contributed by atoms with Gasteiger partial charge >= 0.3 is 0 Å². The number of phenolic OH excluding ortho intramolecular Hbond substituents is 1. The number of rotatable bonds is 1. The van der Waals surface area contributed by atoms with Crippen molar-refractivity contribution in [1.29, 1.82) is 0 Å². The molecule has 5 heteroatoms. The highest BCUT2D eigenvalue weighted by Gasteiger charge is 2.29. The number of fused-ring (bicyclic) bond motifs is 5. The summed E-state index contributed by atoms with van der Waals surface area (Å²) in [5.41, 5.74) is 4.84. The van der Waals surface area contributed by atoms with Crippen LogP contribution in [0.4, 0.5) is 5.69 Å². The predicted molar refractivity (Wildman–Crippen MR) is 103 cm³/mol. The van der Waals surface area contributed by atoms with Crippen molar-refractivity contribution in [2.75, 3.05) is 5.32 Å². The van der Waals surface area contributed by atoms with Crippen molar-refractivity contribution in [2.24, 2.45) is 0 Å². The average Bonchev–Trinajstić information content (AvgIpc) is 3.03. The number of benzene rings is 3. The lowest BCUT2D eigenvalue weighted by molar-refractivity contribution is 0.459. The Kier molecular flexibility index (Phi) is 3.12. The van der Waals surface area contributed by atoms with E-state index in [9.17, 15) is 5.11 Å². The number of anilines is 1. The third-order valence-corrected chi connectivity index (χ3v) is 5.09. The molecular formula is C20H14BrN3O. The van der Waals surface area contributed by atoms with Crippen LogP contribution in [0.15, 0.2) is 71.2 Å². The molecule has 4 aromatic rings. The van der Waals surface area contributed by atoms with E-state index in [1.807, 2.05) is 48.5 Å². The third-order valence-electron chi connectivity index (χ3n) is 4.60. The summed E-state index contributed by atoms with van der Waals surface area (Å²) in [5.74, 6) is 1.16. The van der Waals surface area contributed by atoms with E-state index in [0.717, 1.165) is 38.1 Å². The van der Waals surface area contributed by atoms with E-state index in [1.165, 1.54) is 0 Å². The normalized spacial score (nSPS) is 15.5. The van der Waals surface area contributed by atoms with Crippen molar-refractivity contribution in [2.45, 2.75) is 6.17 Å². The van der Waals surface area contributed by atoms with E-state index >= 15 is 0 Å². The Balaban J connectivity index is 1.85. The van der Waals surface area contributed by atoms with Crippen molar-refractivity contribution in [3.63, 3.8) is 0 Å². The number of halogens is 1. The highest BCUT2D eigenvalue weighted by molar-refractivity contribution is 9.10. The molecule has 25 heavy (non-hydrogen) atoms. The van der Waals surface area contributed by atoms with Gasteiger partial charge < -0.3 is 10.4 Å². The Morgan fingerprint density at radius 1 is 1.00 bits per heavy atom. The molecule has 2 heterocycles. The Labute approximate surface area is 152 Å². The van der Waals surface area contributed by atoms with Crippen LogP contribution in [0.25, 0.3) is 22.4 Å². The number of nitrogens with one attached hydrogen (secondary N) is 1. The van der Waals surface area contributed by atoms with Crippen LogP contribution in [0.1, 0.15) is 11.7 Å². The highest BCUT2D eigenvalue weighted by Crippen LogP contribution is 2.42. The summed E-state index contributed by atoms with van der Waals surface area (Å²) in [6, 6.07) is 21.7. The summed E-state index contributed by atoms with van der Waals surface area (Å²) >= 11 is 3.51. The molecular weight excluding hydrogens is 378 g/mol. The zero-order valence-electron chi connectivity index (χ0n) is 13.1. The fraction of sp³-hybridized carbons (Fsp3) is 0.0500. The molecule has 1 aliphatic rings. The molecule has 0 fully saturated rings. The summed E-state index contributed by atoms with van der Waals surface area (Å²) < 4.78 is 3.08. The maximum Gasteiger partial charge on any atom is 0.145 e. The number of phenols is 1. The SMILES string of the molecule is Oc1ccc(Br)cc1[C@@H]1Nc2ccccc2-c2nc3ccccc3n21. The minimum Gasteiger partial charge on any atom is -0.508 e. The molecule has 5 rings (SSSR count). The number of aromatic hydroxyl groups is 1. The van der Waals surface area contributed by atoms with Crippen LogP contribution in [0.5, 0.6) is 5.75 Å². The number of para-hydroxylation sites is 3. The van der Waals surface area contributed by atoms with Gasteiger partial charge in [0.1, 0.15) is 17.7 Å². The first kappa shape index (κ1) is 14.5. The molecule has 2 N–H and O–H groups in total. The van der Waals surface area contributed by atoms with Crippen LogP contribution in [0.2, 0.25) is 0 Å². The summed E-state index contributed by atoms with van der Waals surface area (Å²) in [7, 11) is 0. The Bertz CT molecular complexity index is 1120. The Hall–Kier alpha value is -2.79. The number of aromatic nitrogens is 2. The number of imidazole rings is 1. The molecule has 4 nitrogen and oxygen atoms in total. The van der Waals surface area contributed by atoms with Gasteiger partial charge in [-0.05, 0) is 42.5 Å². The maximum absolute atomic E-state index is 10.5. The standard InChI is InChI=1S/C20H14BrN3O/c21-12-9-10-18(25)14(11-12)20-22-15-6-2-1-5-13(15)19-23-16-7-3-4-8-17(16)24(19)20/h1-11,20,22,25H/t20-/m1/s1. The second-order valence-corrected chi connectivity index (χ2v) is 7.01. The number of nitrogens with zero attached hydrogens (tertiary/aromatic N) is 2. The van der Waals surface area contributed by atoms with E-state index in [0.29, 0.717) is 0 Å². The molecule has 1 aromatic heterocycles. The maximum atomic E-state index is 10.5. The molecule has 0 amide bonds. The number of hydrogen-bond acceptors (Lipinski definition) is 3. The predicted octanol–water partition coefficient (Wildman–Crippen LogP) is 5.14. The second kappa shape index (κ2) is 5.36.